The number of ketones is 1. The number of aliphatic carboxylic acids is 1. The molecular weight excluding hydrogens is 404 g/mol. The molecule has 0 saturated heterocycles. The first-order chi connectivity index (χ1) is 14.9. The van der Waals surface area contributed by atoms with Gasteiger partial charge in [-0.3, -0.25) is 14.4 Å². The van der Waals surface area contributed by atoms with E-state index >= 15 is 0 Å². The maximum atomic E-state index is 13.3. The first kappa shape index (κ1) is 27.9. The number of carbonyl (C=O) groups excluding carboxylic acids is 2. The molecule has 0 spiro atoms. The molecule has 0 radical (unpaired) electrons. The maximum Gasteiger partial charge on any atom is 0.313 e. The number of hydrogen-bond acceptors (Lipinski definition) is 4. The zero-order valence-electron chi connectivity index (χ0n) is 21.2. The fraction of sp³-hybridized carbons (Fsp3) is 0.667. The van der Waals surface area contributed by atoms with Crippen molar-refractivity contribution in [3.8, 4) is 0 Å². The Morgan fingerprint density at radius 2 is 1.34 bits per heavy atom. The third-order valence-corrected chi connectivity index (χ3v) is 7.37. The minimum atomic E-state index is -1.33. The van der Waals surface area contributed by atoms with Crippen molar-refractivity contribution in [1.29, 1.82) is 0 Å². The fourth-order valence-corrected chi connectivity index (χ4v) is 4.86. The van der Waals surface area contributed by atoms with Gasteiger partial charge in [0.25, 0.3) is 0 Å². The lowest BCUT2D eigenvalue weighted by Gasteiger charge is -2.46. The molecule has 1 aromatic rings. The third-order valence-electron chi connectivity index (χ3n) is 7.37. The molecule has 0 aliphatic heterocycles. The Morgan fingerprint density at radius 1 is 0.875 bits per heavy atom. The Bertz CT molecular complexity index is 740. The molecule has 0 fully saturated rings. The molecule has 0 aliphatic rings. The molecule has 0 aromatic heterocycles. The number of carboxylic acid groups (broad SMARTS) is 1. The molecule has 2 atom stereocenters. The van der Waals surface area contributed by atoms with Gasteiger partial charge >= 0.3 is 11.9 Å². The third kappa shape index (κ3) is 5.60. The Labute approximate surface area is 193 Å². The number of esters is 1. The highest BCUT2D eigenvalue weighted by molar-refractivity contribution is 5.87. The number of rotatable bonds is 13. The van der Waals surface area contributed by atoms with Crippen LogP contribution in [0.25, 0.3) is 0 Å². The van der Waals surface area contributed by atoms with E-state index in [9.17, 15) is 19.5 Å². The van der Waals surface area contributed by atoms with E-state index in [1.54, 1.807) is 20.8 Å². The van der Waals surface area contributed by atoms with Gasteiger partial charge in [0.05, 0.1) is 11.3 Å². The quantitative estimate of drug-likeness (QED) is 0.366. The standard InChI is InChI=1S/C27H42O5/c1-9-26(10-2,20(8)28)24(27(11-3,12-4)25(30)31)32-23(29)19(7)22-15-13-21(14-16-22)17-18(5)6/h13-16,18-19,24H,9-12,17H2,1-8H3,(H,30,31). The predicted octanol–water partition coefficient (Wildman–Crippen LogP) is 6.19. The molecule has 0 heterocycles. The van der Waals surface area contributed by atoms with Crippen LogP contribution in [-0.2, 0) is 25.5 Å². The maximum absolute atomic E-state index is 13.3. The zero-order valence-corrected chi connectivity index (χ0v) is 21.2. The summed E-state index contributed by atoms with van der Waals surface area (Å²) in [7, 11) is 0. The van der Waals surface area contributed by atoms with Crippen molar-refractivity contribution in [2.45, 2.75) is 99.5 Å². The number of hydrogen-bond donors (Lipinski definition) is 1. The zero-order chi connectivity index (χ0) is 24.7. The van der Waals surface area contributed by atoms with Crippen molar-refractivity contribution >= 4 is 17.7 Å². The largest absolute Gasteiger partial charge is 0.481 e. The minimum absolute atomic E-state index is 0.140. The highest BCUT2D eigenvalue weighted by Crippen LogP contribution is 2.47. The first-order valence-corrected chi connectivity index (χ1v) is 12.0. The van der Waals surface area contributed by atoms with Gasteiger partial charge in [-0.25, -0.2) is 0 Å². The molecule has 1 aromatic carbocycles. The van der Waals surface area contributed by atoms with Crippen molar-refractivity contribution < 1.29 is 24.2 Å². The van der Waals surface area contributed by atoms with Gasteiger partial charge in [0, 0.05) is 0 Å². The van der Waals surface area contributed by atoms with Gasteiger partial charge in [-0.05, 0) is 63.0 Å². The first-order valence-electron chi connectivity index (χ1n) is 12.0. The van der Waals surface area contributed by atoms with E-state index in [1.807, 2.05) is 38.1 Å². The van der Waals surface area contributed by atoms with Crippen LogP contribution in [-0.4, -0.2) is 28.9 Å². The van der Waals surface area contributed by atoms with Crippen molar-refractivity contribution in [1.82, 2.24) is 0 Å². The smallest absolute Gasteiger partial charge is 0.313 e. The Hall–Kier alpha value is -2.17. The predicted molar refractivity (Wildman–Crippen MR) is 128 cm³/mol. The molecule has 2 unspecified atom stereocenters. The van der Waals surface area contributed by atoms with Gasteiger partial charge in [-0.2, -0.15) is 0 Å². The lowest BCUT2D eigenvalue weighted by molar-refractivity contribution is -0.187. The van der Waals surface area contributed by atoms with E-state index in [1.165, 1.54) is 12.5 Å². The summed E-state index contributed by atoms with van der Waals surface area (Å²) in [6, 6.07) is 7.91. The highest BCUT2D eigenvalue weighted by atomic mass is 16.5. The second-order valence-electron chi connectivity index (χ2n) is 9.47. The molecule has 0 saturated carbocycles. The highest BCUT2D eigenvalue weighted by Gasteiger charge is 2.57. The van der Waals surface area contributed by atoms with Gasteiger partial charge in [0.15, 0.2) is 0 Å². The van der Waals surface area contributed by atoms with Crippen LogP contribution in [0, 0.1) is 16.7 Å². The van der Waals surface area contributed by atoms with E-state index in [4.69, 9.17) is 4.74 Å². The summed E-state index contributed by atoms with van der Waals surface area (Å²) in [5.41, 5.74) is -0.344. The number of carboxylic acids is 1. The van der Waals surface area contributed by atoms with Crippen LogP contribution in [0.3, 0.4) is 0 Å². The van der Waals surface area contributed by atoms with Crippen molar-refractivity contribution in [2.75, 3.05) is 0 Å². The van der Waals surface area contributed by atoms with E-state index in [-0.39, 0.29) is 18.6 Å². The summed E-state index contributed by atoms with van der Waals surface area (Å²) in [6.45, 7) is 14.9. The van der Waals surface area contributed by atoms with Crippen molar-refractivity contribution in [3.05, 3.63) is 35.4 Å². The van der Waals surface area contributed by atoms with E-state index in [2.05, 4.69) is 13.8 Å². The van der Waals surface area contributed by atoms with Gasteiger partial charge in [0.1, 0.15) is 17.3 Å². The van der Waals surface area contributed by atoms with Crippen LogP contribution >= 0.6 is 0 Å². The summed E-state index contributed by atoms with van der Waals surface area (Å²) >= 11 is 0. The lowest BCUT2D eigenvalue weighted by Crippen LogP contribution is -2.56. The molecular formula is C27H42O5. The summed E-state index contributed by atoms with van der Waals surface area (Å²) < 4.78 is 6.04. The van der Waals surface area contributed by atoms with E-state index in [0.717, 1.165) is 12.0 Å². The van der Waals surface area contributed by atoms with Gasteiger partial charge in [-0.15, -0.1) is 0 Å². The Balaban J connectivity index is 3.39. The van der Waals surface area contributed by atoms with Crippen LogP contribution in [0.15, 0.2) is 24.3 Å². The molecule has 32 heavy (non-hydrogen) atoms. The molecule has 1 rings (SSSR count). The number of benzene rings is 1. The average molecular weight is 447 g/mol. The van der Waals surface area contributed by atoms with Gasteiger partial charge in [0.2, 0.25) is 0 Å². The minimum Gasteiger partial charge on any atom is -0.481 e. The summed E-state index contributed by atoms with van der Waals surface area (Å²) in [6.07, 6.45) is 1.27. The van der Waals surface area contributed by atoms with Crippen LogP contribution in [0.4, 0.5) is 0 Å². The SMILES string of the molecule is CCC(CC)(C(C)=O)C(OC(=O)C(C)c1ccc(CC(C)C)cc1)C(CC)(CC)C(=O)O. The van der Waals surface area contributed by atoms with Gasteiger partial charge < -0.3 is 9.84 Å². The lowest BCUT2D eigenvalue weighted by atomic mass is 9.61. The second-order valence-corrected chi connectivity index (χ2v) is 9.47. The molecule has 180 valence electrons. The fourth-order valence-electron chi connectivity index (χ4n) is 4.86. The van der Waals surface area contributed by atoms with Gasteiger partial charge in [-0.1, -0.05) is 65.8 Å². The number of Topliss-reactive ketones (excluding diaryl/α,β-unsaturated/α-hetero) is 1. The second kappa shape index (κ2) is 11.6. The summed E-state index contributed by atoms with van der Waals surface area (Å²) in [5, 5.41) is 10.2. The van der Waals surface area contributed by atoms with Crippen molar-refractivity contribution in [3.63, 3.8) is 0 Å². The molecule has 5 heteroatoms. The average Bonchev–Trinajstić information content (AvgIpc) is 2.75. The number of ether oxygens (including phenoxy) is 1. The Morgan fingerprint density at radius 3 is 1.69 bits per heavy atom. The van der Waals surface area contributed by atoms with Crippen LogP contribution in [0.1, 0.15) is 98.1 Å². The molecule has 0 aliphatic carbocycles. The van der Waals surface area contributed by atoms with E-state index in [0.29, 0.717) is 18.8 Å². The van der Waals surface area contributed by atoms with Crippen LogP contribution in [0.2, 0.25) is 0 Å². The number of carbonyl (C=O) groups is 3. The monoisotopic (exact) mass is 446 g/mol. The molecule has 5 nitrogen and oxygen atoms in total. The molecule has 1 N–H and O–H groups in total. The van der Waals surface area contributed by atoms with E-state index < -0.39 is 34.8 Å². The van der Waals surface area contributed by atoms with Crippen LogP contribution < -0.4 is 0 Å². The normalized spacial score (nSPS) is 14.2. The summed E-state index contributed by atoms with van der Waals surface area (Å²) in [4.78, 5) is 38.6. The summed E-state index contributed by atoms with van der Waals surface area (Å²) in [5.74, 6) is -1.69. The molecule has 0 amide bonds. The van der Waals surface area contributed by atoms with Crippen LogP contribution in [0.5, 0.6) is 0 Å². The Kier molecular flexibility index (Phi) is 10.1. The topological polar surface area (TPSA) is 80.7 Å². The van der Waals surface area contributed by atoms with Crippen molar-refractivity contribution in [2.24, 2.45) is 16.7 Å². The molecule has 0 bridgehead atoms.